The molecule has 2 aromatic carbocycles. The van der Waals surface area contributed by atoms with Gasteiger partial charge in [-0.05, 0) is 82.4 Å². The molecule has 2 fully saturated rings. The van der Waals surface area contributed by atoms with Gasteiger partial charge < -0.3 is 24.2 Å². The quantitative estimate of drug-likeness (QED) is 0.562. The van der Waals surface area contributed by atoms with E-state index in [0.717, 1.165) is 12.1 Å². The van der Waals surface area contributed by atoms with E-state index in [-0.39, 0.29) is 16.9 Å². The van der Waals surface area contributed by atoms with E-state index in [2.05, 4.69) is 0 Å². The highest BCUT2D eigenvalue weighted by Gasteiger charge is 2.50. The first-order valence-electron chi connectivity index (χ1n) is 11.2. The van der Waals surface area contributed by atoms with Crippen LogP contribution in [0, 0.1) is 11.3 Å². The summed E-state index contributed by atoms with van der Waals surface area (Å²) in [7, 11) is 0. The molecular formula is C25H26F3N3O4S. The van der Waals surface area contributed by atoms with Crippen molar-refractivity contribution < 1.29 is 32.5 Å². The third-order valence-corrected chi connectivity index (χ3v) is 6.53. The minimum Gasteiger partial charge on any atom is -0.491 e. The van der Waals surface area contributed by atoms with Gasteiger partial charge in [-0.15, -0.1) is 0 Å². The Balaban J connectivity index is 1.56. The number of aliphatic hydroxyl groups excluding tert-OH is 1. The Morgan fingerprint density at radius 2 is 1.78 bits per heavy atom. The smallest absolute Gasteiger partial charge is 0.417 e. The number of ether oxygens (including phenoxy) is 3. The maximum atomic E-state index is 13.5. The number of hydrogen-bond donors (Lipinski definition) is 1. The van der Waals surface area contributed by atoms with Crippen LogP contribution < -0.4 is 14.5 Å². The van der Waals surface area contributed by atoms with Crippen molar-refractivity contribution in [1.29, 1.82) is 5.26 Å². The molecule has 11 heteroatoms. The molecule has 0 radical (unpaired) electrons. The molecule has 0 saturated carbocycles. The molecule has 2 aliphatic rings. The minimum atomic E-state index is -4.73. The topological polar surface area (TPSA) is 78.2 Å². The standard InChI is InChI=1S/C25H26F3N3O4S/c1-23(2)21(32)30(17-6-5-15(12-29)20(11-17)25(26,27)28)22(36)31(23)16-7-9-18(10-8-16)33-13-19-14-34-24(3,4)35-19/h5-11,19,21,32H,13-14H2,1-4H3/t19-,21?/m0/s1. The summed E-state index contributed by atoms with van der Waals surface area (Å²) in [5, 5.41) is 20.3. The highest BCUT2D eigenvalue weighted by Crippen LogP contribution is 2.41. The summed E-state index contributed by atoms with van der Waals surface area (Å²) in [5.74, 6) is -0.0495. The number of nitriles is 1. The normalized spacial score (nSPS) is 23.1. The summed E-state index contributed by atoms with van der Waals surface area (Å²) in [5.41, 5.74) is -1.90. The Hall–Kier alpha value is -2.91. The van der Waals surface area contributed by atoms with E-state index in [9.17, 15) is 18.3 Å². The summed E-state index contributed by atoms with van der Waals surface area (Å²) >= 11 is 5.61. The lowest BCUT2D eigenvalue weighted by Crippen LogP contribution is -2.47. The molecule has 1 unspecified atom stereocenters. The number of nitrogens with zero attached hydrogens (tertiary/aromatic N) is 3. The first kappa shape index (κ1) is 26.2. The van der Waals surface area contributed by atoms with Crippen molar-refractivity contribution in [3.63, 3.8) is 0 Å². The van der Waals surface area contributed by atoms with E-state index in [0.29, 0.717) is 24.7 Å². The van der Waals surface area contributed by atoms with Crippen LogP contribution in [0.1, 0.15) is 38.8 Å². The van der Waals surface area contributed by atoms with Crippen LogP contribution in [0.25, 0.3) is 0 Å². The Morgan fingerprint density at radius 1 is 1.14 bits per heavy atom. The predicted molar refractivity (Wildman–Crippen MR) is 131 cm³/mol. The monoisotopic (exact) mass is 521 g/mol. The van der Waals surface area contributed by atoms with Crippen LogP contribution >= 0.6 is 12.2 Å². The number of thiocarbonyl (C=S) groups is 1. The van der Waals surface area contributed by atoms with Gasteiger partial charge in [-0.25, -0.2) is 0 Å². The molecule has 2 aliphatic heterocycles. The number of benzene rings is 2. The fourth-order valence-electron chi connectivity index (χ4n) is 4.32. The number of rotatable bonds is 5. The molecule has 7 nitrogen and oxygen atoms in total. The van der Waals surface area contributed by atoms with Crippen LogP contribution in [0.5, 0.6) is 5.75 Å². The van der Waals surface area contributed by atoms with Crippen molar-refractivity contribution in [2.75, 3.05) is 23.0 Å². The molecule has 2 saturated heterocycles. The molecule has 1 N–H and O–H groups in total. The van der Waals surface area contributed by atoms with E-state index in [1.165, 1.54) is 11.0 Å². The summed E-state index contributed by atoms with van der Waals surface area (Å²) < 4.78 is 57.6. The molecule has 192 valence electrons. The zero-order valence-corrected chi connectivity index (χ0v) is 21.0. The van der Waals surface area contributed by atoms with Crippen LogP contribution in [0.4, 0.5) is 24.5 Å². The highest BCUT2D eigenvalue weighted by atomic mass is 32.1. The SMILES string of the molecule is CC1(C)OC[C@H](COc2ccc(N3C(=S)N(c4ccc(C#N)c(C(F)(F)F)c4)C(O)C3(C)C)cc2)O1. The fraction of sp³-hybridized carbons (Fsp3) is 0.440. The van der Waals surface area contributed by atoms with Crippen LogP contribution in [-0.2, 0) is 15.7 Å². The predicted octanol–water partition coefficient (Wildman–Crippen LogP) is 4.82. The Labute approximate surface area is 212 Å². The molecular weight excluding hydrogens is 495 g/mol. The van der Waals surface area contributed by atoms with Gasteiger partial charge in [0.15, 0.2) is 17.1 Å². The van der Waals surface area contributed by atoms with E-state index >= 15 is 0 Å². The Kier molecular flexibility index (Phi) is 6.68. The molecule has 0 amide bonds. The van der Waals surface area contributed by atoms with Crippen LogP contribution in [0.15, 0.2) is 42.5 Å². The number of anilines is 2. The largest absolute Gasteiger partial charge is 0.491 e. The van der Waals surface area contributed by atoms with Gasteiger partial charge in [-0.1, -0.05) is 0 Å². The zero-order valence-electron chi connectivity index (χ0n) is 20.2. The summed E-state index contributed by atoms with van der Waals surface area (Å²) in [6.45, 7) is 7.89. The lowest BCUT2D eigenvalue weighted by atomic mass is 10.0. The third kappa shape index (κ3) is 4.86. The van der Waals surface area contributed by atoms with Crippen molar-refractivity contribution in [2.45, 2.75) is 57.5 Å². The van der Waals surface area contributed by atoms with Crippen molar-refractivity contribution in [2.24, 2.45) is 0 Å². The Bertz CT molecular complexity index is 1190. The van der Waals surface area contributed by atoms with E-state index in [1.54, 1.807) is 49.1 Å². The molecule has 0 bridgehead atoms. The molecule has 2 aromatic rings. The number of alkyl halides is 3. The van der Waals surface area contributed by atoms with Gasteiger partial charge in [0, 0.05) is 11.4 Å². The second kappa shape index (κ2) is 9.19. The maximum Gasteiger partial charge on any atom is 0.417 e. The van der Waals surface area contributed by atoms with Gasteiger partial charge in [0.25, 0.3) is 0 Å². The lowest BCUT2D eigenvalue weighted by molar-refractivity contribution is -0.141. The van der Waals surface area contributed by atoms with E-state index in [1.807, 2.05) is 13.8 Å². The summed E-state index contributed by atoms with van der Waals surface area (Å²) in [6.07, 6.45) is -6.18. The maximum absolute atomic E-state index is 13.5. The highest BCUT2D eigenvalue weighted by molar-refractivity contribution is 7.80. The second-order valence-corrected chi connectivity index (χ2v) is 9.98. The van der Waals surface area contributed by atoms with Gasteiger partial charge in [0.1, 0.15) is 18.5 Å². The van der Waals surface area contributed by atoms with Crippen LogP contribution in [0.3, 0.4) is 0 Å². The van der Waals surface area contributed by atoms with Crippen molar-refractivity contribution in [1.82, 2.24) is 0 Å². The van der Waals surface area contributed by atoms with Gasteiger partial charge in [-0.3, -0.25) is 4.90 Å². The van der Waals surface area contributed by atoms with Crippen molar-refractivity contribution in [3.8, 4) is 11.8 Å². The van der Waals surface area contributed by atoms with Crippen LogP contribution in [0.2, 0.25) is 0 Å². The van der Waals surface area contributed by atoms with E-state index in [4.69, 9.17) is 31.7 Å². The molecule has 4 rings (SSSR count). The molecule has 0 aromatic heterocycles. The summed E-state index contributed by atoms with van der Waals surface area (Å²) in [4.78, 5) is 2.94. The average molecular weight is 522 g/mol. The molecule has 0 spiro atoms. The second-order valence-electron chi connectivity index (χ2n) is 9.61. The van der Waals surface area contributed by atoms with Crippen molar-refractivity contribution >= 4 is 28.7 Å². The van der Waals surface area contributed by atoms with Crippen molar-refractivity contribution in [3.05, 3.63) is 53.6 Å². The molecule has 2 atom stereocenters. The minimum absolute atomic E-state index is 0.0380. The zero-order chi connectivity index (χ0) is 26.5. The van der Waals surface area contributed by atoms with Crippen LogP contribution in [-0.4, -0.2) is 47.1 Å². The Morgan fingerprint density at radius 3 is 2.33 bits per heavy atom. The first-order valence-corrected chi connectivity index (χ1v) is 11.6. The number of halogens is 3. The average Bonchev–Trinajstić information content (AvgIpc) is 3.24. The molecule has 2 heterocycles. The number of aliphatic hydroxyl groups is 1. The van der Waals surface area contributed by atoms with Gasteiger partial charge >= 0.3 is 6.18 Å². The van der Waals surface area contributed by atoms with Gasteiger partial charge in [0.2, 0.25) is 0 Å². The summed E-state index contributed by atoms with van der Waals surface area (Å²) in [6, 6.07) is 11.8. The number of hydrogen-bond acceptors (Lipinski definition) is 6. The van der Waals surface area contributed by atoms with Gasteiger partial charge in [0.05, 0.1) is 29.3 Å². The fourth-order valence-corrected chi connectivity index (χ4v) is 4.87. The lowest BCUT2D eigenvalue weighted by Gasteiger charge is -2.33. The van der Waals surface area contributed by atoms with E-state index < -0.39 is 34.9 Å². The molecule has 36 heavy (non-hydrogen) atoms. The first-order chi connectivity index (χ1) is 16.7. The van der Waals surface area contributed by atoms with Gasteiger partial charge in [-0.2, -0.15) is 18.4 Å². The molecule has 0 aliphatic carbocycles. The third-order valence-electron chi connectivity index (χ3n) is 6.16.